The maximum absolute atomic E-state index is 2.68. The molecular weight excluding hydrogens is 1180 g/mol. The second-order valence-electron chi connectivity index (χ2n) is 31.2. The lowest BCUT2D eigenvalue weighted by Crippen LogP contribution is -2.55. The first kappa shape index (κ1) is 55.8. The highest BCUT2D eigenvalue weighted by Crippen LogP contribution is 2.72. The average Bonchev–Trinajstić information content (AvgIpc) is 1.48. The molecule has 14 aromatic rings. The van der Waals surface area contributed by atoms with Crippen molar-refractivity contribution in [3.05, 3.63) is 313 Å². The van der Waals surface area contributed by atoms with Gasteiger partial charge in [-0.25, -0.2) is 0 Å². The van der Waals surface area contributed by atoms with E-state index in [9.17, 15) is 0 Å². The molecule has 0 unspecified atom stereocenters. The van der Waals surface area contributed by atoms with Crippen LogP contribution in [0, 0.1) is 47.3 Å². The number of rotatable bonds is 9. The largest absolute Gasteiger partial charge is 0.310 e. The third-order valence-electron chi connectivity index (χ3n) is 26.5. The summed E-state index contributed by atoms with van der Waals surface area (Å²) < 4.78 is 0. The van der Waals surface area contributed by atoms with Crippen LogP contribution in [0.2, 0.25) is 0 Å². The molecule has 0 amide bonds. The fourth-order valence-electron chi connectivity index (χ4n) is 23.1. The Labute approximate surface area is 574 Å². The molecule has 24 rings (SSSR count). The molecule has 0 atom stereocenters. The van der Waals surface area contributed by atoms with Gasteiger partial charge in [-0.05, 0) is 306 Å². The Morgan fingerprint density at radius 3 is 1.21 bits per heavy atom. The van der Waals surface area contributed by atoms with Gasteiger partial charge in [-0.3, -0.25) is 0 Å². The summed E-state index contributed by atoms with van der Waals surface area (Å²) in [6, 6.07) is 113. The van der Waals surface area contributed by atoms with Crippen molar-refractivity contribution >= 4 is 77.2 Å². The molecule has 98 heavy (non-hydrogen) atoms. The van der Waals surface area contributed by atoms with Crippen LogP contribution < -0.4 is 9.80 Å². The van der Waals surface area contributed by atoms with E-state index in [1.54, 1.807) is 22.3 Å². The summed E-state index contributed by atoms with van der Waals surface area (Å²) in [5, 5.41) is 10.2. The van der Waals surface area contributed by atoms with Gasteiger partial charge in [0, 0.05) is 44.7 Å². The molecule has 0 N–H and O–H groups in total. The van der Waals surface area contributed by atoms with Crippen molar-refractivity contribution in [3.63, 3.8) is 0 Å². The maximum Gasteiger partial charge on any atom is 0.0546 e. The minimum atomic E-state index is -0.00577. The molecule has 8 fully saturated rings. The molecule has 14 aromatic carbocycles. The van der Waals surface area contributed by atoms with Crippen LogP contribution in [0.5, 0.6) is 0 Å². The van der Waals surface area contributed by atoms with Crippen LogP contribution in [0.4, 0.5) is 34.1 Å². The van der Waals surface area contributed by atoms with Gasteiger partial charge in [0.1, 0.15) is 0 Å². The molecule has 0 heterocycles. The van der Waals surface area contributed by atoms with Gasteiger partial charge < -0.3 is 9.80 Å². The van der Waals surface area contributed by atoms with E-state index in [1.165, 1.54) is 191 Å². The van der Waals surface area contributed by atoms with Gasteiger partial charge in [0.25, 0.3) is 0 Å². The predicted molar refractivity (Wildman–Crippen MR) is 409 cm³/mol. The third-order valence-corrected chi connectivity index (χ3v) is 26.5. The summed E-state index contributed by atoms with van der Waals surface area (Å²) in [5.74, 6) is 6.28. The monoisotopic (exact) mass is 1260 g/mol. The Hall–Kier alpha value is -10.3. The minimum Gasteiger partial charge on any atom is -0.310 e. The third kappa shape index (κ3) is 8.03. The zero-order chi connectivity index (χ0) is 64.0. The van der Waals surface area contributed by atoms with Crippen molar-refractivity contribution < 1.29 is 0 Å². The first-order valence-corrected chi connectivity index (χ1v) is 36.8. The number of hydrogen-bond donors (Lipinski definition) is 0. The zero-order valence-electron chi connectivity index (χ0n) is 55.3. The van der Waals surface area contributed by atoms with Gasteiger partial charge in [-0.2, -0.15) is 0 Å². The molecule has 470 valence electrons. The first-order chi connectivity index (χ1) is 48.5. The lowest BCUT2D eigenvalue weighted by Gasteiger charge is -2.61. The van der Waals surface area contributed by atoms with Crippen molar-refractivity contribution in [2.24, 2.45) is 47.3 Å². The lowest BCUT2D eigenvalue weighted by molar-refractivity contribution is -0.0399. The van der Waals surface area contributed by atoms with Crippen molar-refractivity contribution in [1.29, 1.82) is 0 Å². The van der Waals surface area contributed by atoms with E-state index in [2.05, 4.69) is 301 Å². The van der Waals surface area contributed by atoms with E-state index in [1.807, 2.05) is 0 Å². The van der Waals surface area contributed by atoms with Crippen molar-refractivity contribution in [3.8, 4) is 55.6 Å². The Bertz CT molecular complexity index is 5550. The fraction of sp³-hybridized carbons (Fsp3) is 0.208. The normalized spacial score (nSPS) is 24.6. The Kier molecular flexibility index (Phi) is 12.0. The molecule has 8 bridgehead atoms. The zero-order valence-corrected chi connectivity index (χ0v) is 55.3. The number of anilines is 6. The standard InChI is InChI=1S/C96H76N2/c1-3-13-63(14-4-1)65-25-31-76(32-26-65)97(79-36-41-91-88(57-79)85-20-11-12-22-90(85)95(91)72-45-59-43-60(47-72)48-73(95)46-59)78-35-40-83-71(54-78)24-23-70-53-67(29-38-82(70)83)68-30-39-86-89-58-80(37-42-92(89)96(93(86)55-68)74-49-61-44-62(51-74)52-75(96)50-61)98(77-33-27-66(28-34-77)64-15-5-2-6-16-64)94-56-69-17-7-8-18-81(69)84-19-9-10-21-87(84)94/h1-42,53-62,72-75H,43-52H2. The summed E-state index contributed by atoms with van der Waals surface area (Å²) >= 11 is 0. The molecule has 2 heteroatoms. The molecule has 10 aliphatic carbocycles. The van der Waals surface area contributed by atoms with Gasteiger partial charge in [0.15, 0.2) is 0 Å². The minimum absolute atomic E-state index is 0.00577. The number of benzene rings is 14. The van der Waals surface area contributed by atoms with Crippen LogP contribution >= 0.6 is 0 Å². The van der Waals surface area contributed by atoms with Crippen LogP contribution in [0.25, 0.3) is 98.7 Å². The molecular formula is C96H76N2. The van der Waals surface area contributed by atoms with E-state index in [0.29, 0.717) is 11.8 Å². The molecule has 2 nitrogen and oxygen atoms in total. The second kappa shape index (κ2) is 21.1. The Morgan fingerprint density at radius 1 is 0.214 bits per heavy atom. The fourth-order valence-corrected chi connectivity index (χ4v) is 23.1. The summed E-state index contributed by atoms with van der Waals surface area (Å²) in [5.41, 5.74) is 26.9. The molecule has 8 saturated carbocycles. The Morgan fingerprint density at radius 2 is 0.602 bits per heavy atom. The highest BCUT2D eigenvalue weighted by Gasteiger charge is 2.63. The van der Waals surface area contributed by atoms with Crippen LogP contribution in [0.15, 0.2) is 291 Å². The second-order valence-corrected chi connectivity index (χ2v) is 31.2. The molecule has 10 aliphatic rings. The molecule has 0 radical (unpaired) electrons. The highest BCUT2D eigenvalue weighted by atomic mass is 15.1. The number of fused-ring (bicyclic) bond motifs is 12. The van der Waals surface area contributed by atoms with Crippen LogP contribution in [-0.4, -0.2) is 0 Å². The van der Waals surface area contributed by atoms with Crippen molar-refractivity contribution in [2.75, 3.05) is 9.80 Å². The van der Waals surface area contributed by atoms with Gasteiger partial charge in [-0.15, -0.1) is 0 Å². The predicted octanol–water partition coefficient (Wildman–Crippen LogP) is 25.7. The summed E-state index contributed by atoms with van der Waals surface area (Å²) in [6.07, 6.45) is 13.8. The maximum atomic E-state index is 2.68. The van der Waals surface area contributed by atoms with Gasteiger partial charge in [0.05, 0.1) is 5.69 Å². The summed E-state index contributed by atoms with van der Waals surface area (Å²) in [7, 11) is 0. The van der Waals surface area contributed by atoms with E-state index in [0.717, 1.165) is 41.2 Å². The quantitative estimate of drug-likeness (QED) is 0.133. The molecule has 2 spiro atoms. The van der Waals surface area contributed by atoms with Crippen LogP contribution in [0.3, 0.4) is 0 Å². The average molecular weight is 1260 g/mol. The van der Waals surface area contributed by atoms with Crippen LogP contribution in [0.1, 0.15) is 86.5 Å². The SMILES string of the molecule is c1ccc(-c2ccc(N(c3ccc4c(c3)-c3ccccc3C43C4CC5CC(C4)CC3C5)c3ccc4c(ccc5cc(-c6ccc7c(c6)C6(c8ccc(N(c9ccc(-c%10ccccc%10)cc9)c9cc%10ccccc%10c%10ccccc9%10)cc8-7)C7CC8CC(C7)CC6C8)ccc54)c3)cc2)cc1. The Balaban J connectivity index is 0.650. The molecule has 0 aliphatic heterocycles. The van der Waals surface area contributed by atoms with Gasteiger partial charge in [-0.1, -0.05) is 212 Å². The molecule has 0 saturated heterocycles. The topological polar surface area (TPSA) is 6.48 Å². The molecule has 0 aromatic heterocycles. The van der Waals surface area contributed by atoms with Crippen molar-refractivity contribution in [1.82, 2.24) is 0 Å². The smallest absolute Gasteiger partial charge is 0.0546 e. The lowest BCUT2D eigenvalue weighted by atomic mass is 9.43. The van der Waals surface area contributed by atoms with Crippen molar-refractivity contribution in [2.45, 2.75) is 75.0 Å². The van der Waals surface area contributed by atoms with Gasteiger partial charge in [0.2, 0.25) is 0 Å². The van der Waals surface area contributed by atoms with E-state index >= 15 is 0 Å². The van der Waals surface area contributed by atoms with E-state index < -0.39 is 0 Å². The first-order valence-electron chi connectivity index (χ1n) is 36.8. The summed E-state index contributed by atoms with van der Waals surface area (Å²) in [6.45, 7) is 0. The van der Waals surface area contributed by atoms with Crippen LogP contribution in [-0.2, 0) is 10.8 Å². The summed E-state index contributed by atoms with van der Waals surface area (Å²) in [4.78, 5) is 5.09. The van der Waals surface area contributed by atoms with E-state index in [-0.39, 0.29) is 10.8 Å². The number of hydrogen-bond acceptors (Lipinski definition) is 2. The van der Waals surface area contributed by atoms with Gasteiger partial charge >= 0.3 is 0 Å². The number of nitrogens with zero attached hydrogens (tertiary/aromatic N) is 2. The highest BCUT2D eigenvalue weighted by molar-refractivity contribution is 6.15. The van der Waals surface area contributed by atoms with E-state index in [4.69, 9.17) is 0 Å².